The van der Waals surface area contributed by atoms with E-state index in [2.05, 4.69) is 27.4 Å². The van der Waals surface area contributed by atoms with Gasteiger partial charge < -0.3 is 10.2 Å². The number of nitrogens with zero attached hydrogens (tertiary/aromatic N) is 4. The number of rotatable bonds is 4. The molecular weight excluding hydrogens is 362 g/mol. The molecule has 1 N–H and O–H groups in total. The third kappa shape index (κ3) is 3.78. The second-order valence-electron chi connectivity index (χ2n) is 9.02. The van der Waals surface area contributed by atoms with Crippen LogP contribution in [0.5, 0.6) is 0 Å². The summed E-state index contributed by atoms with van der Waals surface area (Å²) in [7, 11) is 0. The van der Waals surface area contributed by atoms with Crippen LogP contribution < -0.4 is 5.32 Å². The van der Waals surface area contributed by atoms with Crippen LogP contribution in [-0.4, -0.2) is 57.8 Å². The van der Waals surface area contributed by atoms with Crippen LogP contribution in [0.15, 0.2) is 42.7 Å². The van der Waals surface area contributed by atoms with Gasteiger partial charge in [-0.25, -0.2) is 4.79 Å². The van der Waals surface area contributed by atoms with E-state index in [0.29, 0.717) is 17.9 Å². The Morgan fingerprint density at radius 3 is 2.93 bits per heavy atom. The standard InChI is InChI=1S/C23H31N5O/c1-17(19-11-24-28(15-19)12-18-7-3-2-4-8-18)25-23(29)27-14-20-13-26-10-6-5-9-22(26)21(20)16-27/h2-4,7-8,11,15,17,20-22H,5-6,9-10,12-14,16H2,1H3,(H,25,29)/t17-,20-,21+,22+/m0/s1. The first-order chi connectivity index (χ1) is 14.2. The van der Waals surface area contributed by atoms with Crippen LogP contribution in [0, 0.1) is 11.8 Å². The highest BCUT2D eigenvalue weighted by molar-refractivity contribution is 5.75. The number of piperidine rings is 1. The van der Waals surface area contributed by atoms with Gasteiger partial charge >= 0.3 is 6.03 Å². The van der Waals surface area contributed by atoms with Gasteiger partial charge in [-0.1, -0.05) is 36.8 Å². The molecule has 0 spiro atoms. The van der Waals surface area contributed by atoms with Crippen LogP contribution in [0.3, 0.4) is 0 Å². The predicted octanol–water partition coefficient (Wildman–Crippen LogP) is 3.12. The van der Waals surface area contributed by atoms with Crippen molar-refractivity contribution in [3.63, 3.8) is 0 Å². The van der Waals surface area contributed by atoms with Gasteiger partial charge in [-0.2, -0.15) is 5.10 Å². The van der Waals surface area contributed by atoms with E-state index < -0.39 is 0 Å². The van der Waals surface area contributed by atoms with Crippen molar-refractivity contribution in [2.75, 3.05) is 26.2 Å². The summed E-state index contributed by atoms with van der Waals surface area (Å²) >= 11 is 0. The maximum Gasteiger partial charge on any atom is 0.317 e. The minimum atomic E-state index is -0.0429. The van der Waals surface area contributed by atoms with Crippen molar-refractivity contribution in [3.8, 4) is 0 Å². The van der Waals surface area contributed by atoms with Gasteiger partial charge in [0.05, 0.1) is 18.8 Å². The number of nitrogens with one attached hydrogen (secondary N) is 1. The summed E-state index contributed by atoms with van der Waals surface area (Å²) in [6, 6.07) is 11.0. The van der Waals surface area contributed by atoms with Crippen molar-refractivity contribution in [3.05, 3.63) is 53.9 Å². The molecule has 3 saturated heterocycles. The highest BCUT2D eigenvalue weighted by Crippen LogP contribution is 2.40. The Morgan fingerprint density at radius 1 is 1.21 bits per heavy atom. The van der Waals surface area contributed by atoms with Gasteiger partial charge in [0.2, 0.25) is 0 Å². The Balaban J connectivity index is 1.17. The molecule has 1 aromatic heterocycles. The van der Waals surface area contributed by atoms with Gasteiger partial charge in [0.25, 0.3) is 0 Å². The van der Waals surface area contributed by atoms with Crippen LogP contribution in [0.25, 0.3) is 0 Å². The van der Waals surface area contributed by atoms with Gasteiger partial charge in [0.15, 0.2) is 0 Å². The zero-order valence-corrected chi connectivity index (χ0v) is 17.2. The van der Waals surface area contributed by atoms with E-state index in [-0.39, 0.29) is 12.1 Å². The number of carbonyl (C=O) groups is 1. The Kier molecular flexibility index (Phi) is 5.04. The summed E-state index contributed by atoms with van der Waals surface area (Å²) in [5.41, 5.74) is 2.27. The number of urea groups is 1. The Hall–Kier alpha value is -2.34. The molecule has 0 aliphatic carbocycles. The molecule has 5 rings (SSSR count). The summed E-state index contributed by atoms with van der Waals surface area (Å²) in [5, 5.41) is 7.67. The number of aromatic nitrogens is 2. The molecule has 2 aromatic rings. The van der Waals surface area contributed by atoms with E-state index in [1.165, 1.54) is 37.9 Å². The van der Waals surface area contributed by atoms with Crippen molar-refractivity contribution in [1.82, 2.24) is 24.9 Å². The van der Waals surface area contributed by atoms with E-state index in [4.69, 9.17) is 0 Å². The lowest BCUT2D eigenvalue weighted by Gasteiger charge is -2.33. The largest absolute Gasteiger partial charge is 0.331 e. The molecule has 6 nitrogen and oxygen atoms in total. The summed E-state index contributed by atoms with van der Waals surface area (Å²) in [6.45, 7) is 7.05. The second-order valence-corrected chi connectivity index (χ2v) is 9.02. The molecule has 0 bridgehead atoms. The summed E-state index contributed by atoms with van der Waals surface area (Å²) in [6.07, 6.45) is 7.91. The third-order valence-electron chi connectivity index (χ3n) is 7.09. The number of amides is 2. The predicted molar refractivity (Wildman–Crippen MR) is 112 cm³/mol. The number of carbonyl (C=O) groups excluding carboxylic acids is 1. The fraction of sp³-hybridized carbons (Fsp3) is 0.565. The van der Waals surface area contributed by atoms with Gasteiger partial charge in [-0.3, -0.25) is 9.58 Å². The van der Waals surface area contributed by atoms with Gasteiger partial charge in [-0.05, 0) is 43.7 Å². The normalized spacial score (nSPS) is 27.5. The number of benzene rings is 1. The average Bonchev–Trinajstić information content (AvgIpc) is 3.43. The van der Waals surface area contributed by atoms with E-state index in [0.717, 1.165) is 25.2 Å². The van der Waals surface area contributed by atoms with Crippen LogP contribution in [0.4, 0.5) is 4.79 Å². The van der Waals surface area contributed by atoms with E-state index in [9.17, 15) is 4.79 Å². The van der Waals surface area contributed by atoms with Crippen LogP contribution in [0.2, 0.25) is 0 Å². The third-order valence-corrected chi connectivity index (χ3v) is 7.09. The zero-order chi connectivity index (χ0) is 19.8. The monoisotopic (exact) mass is 393 g/mol. The van der Waals surface area contributed by atoms with E-state index in [1.807, 2.05) is 47.1 Å². The summed E-state index contributed by atoms with van der Waals surface area (Å²) in [4.78, 5) is 17.6. The molecule has 0 saturated carbocycles. The lowest BCUT2D eigenvalue weighted by Crippen LogP contribution is -2.44. The smallest absolute Gasteiger partial charge is 0.317 e. The second kappa shape index (κ2) is 7.82. The molecular formula is C23H31N5O. The molecule has 0 unspecified atom stereocenters. The van der Waals surface area contributed by atoms with Crippen LogP contribution in [-0.2, 0) is 6.54 Å². The first-order valence-electron chi connectivity index (χ1n) is 11.0. The van der Waals surface area contributed by atoms with Crippen molar-refractivity contribution >= 4 is 6.03 Å². The zero-order valence-electron chi connectivity index (χ0n) is 17.2. The molecule has 4 atom stereocenters. The fourth-order valence-electron chi connectivity index (χ4n) is 5.54. The molecule has 6 heteroatoms. The van der Waals surface area contributed by atoms with Gasteiger partial charge in [-0.15, -0.1) is 0 Å². The number of hydrogen-bond donors (Lipinski definition) is 1. The maximum atomic E-state index is 12.9. The minimum absolute atomic E-state index is 0.0429. The van der Waals surface area contributed by atoms with Gasteiger partial charge in [0.1, 0.15) is 0 Å². The quantitative estimate of drug-likeness (QED) is 0.868. The van der Waals surface area contributed by atoms with Crippen molar-refractivity contribution in [1.29, 1.82) is 0 Å². The lowest BCUT2D eigenvalue weighted by molar-refractivity contribution is 0.153. The number of fused-ring (bicyclic) bond motifs is 3. The maximum absolute atomic E-state index is 12.9. The van der Waals surface area contributed by atoms with E-state index in [1.54, 1.807) is 0 Å². The first kappa shape index (κ1) is 18.7. The molecule has 2 amide bonds. The topological polar surface area (TPSA) is 53.4 Å². The van der Waals surface area contributed by atoms with Gasteiger partial charge in [0, 0.05) is 37.4 Å². The highest BCUT2D eigenvalue weighted by Gasteiger charge is 2.48. The van der Waals surface area contributed by atoms with Crippen LogP contribution >= 0.6 is 0 Å². The fourth-order valence-corrected chi connectivity index (χ4v) is 5.54. The average molecular weight is 394 g/mol. The molecule has 1 aromatic carbocycles. The molecule has 29 heavy (non-hydrogen) atoms. The SMILES string of the molecule is C[C@H](NC(=O)N1C[C@@H]2CN3CCCC[C@@H]3[C@@H]2C1)c1cnn(Cc2ccccc2)c1. The van der Waals surface area contributed by atoms with Crippen molar-refractivity contribution in [2.24, 2.45) is 11.8 Å². The first-order valence-corrected chi connectivity index (χ1v) is 11.0. The van der Waals surface area contributed by atoms with E-state index >= 15 is 0 Å². The highest BCUT2D eigenvalue weighted by atomic mass is 16.2. The molecule has 0 radical (unpaired) electrons. The Labute approximate surface area is 172 Å². The minimum Gasteiger partial charge on any atom is -0.331 e. The summed E-state index contributed by atoms with van der Waals surface area (Å²) < 4.78 is 1.94. The Morgan fingerprint density at radius 2 is 2.07 bits per heavy atom. The van der Waals surface area contributed by atoms with Crippen molar-refractivity contribution < 1.29 is 4.79 Å². The molecule has 3 aliphatic heterocycles. The molecule has 154 valence electrons. The Bertz CT molecular complexity index is 850. The summed E-state index contributed by atoms with van der Waals surface area (Å²) in [5.74, 6) is 1.33. The molecule has 3 fully saturated rings. The lowest BCUT2D eigenvalue weighted by atomic mass is 9.90. The van der Waals surface area contributed by atoms with Crippen molar-refractivity contribution in [2.45, 2.75) is 44.8 Å². The number of likely N-dealkylation sites (tertiary alicyclic amines) is 1. The molecule has 4 heterocycles. The molecule has 3 aliphatic rings. The van der Waals surface area contributed by atoms with Crippen LogP contribution in [0.1, 0.15) is 43.4 Å². The number of hydrogen-bond acceptors (Lipinski definition) is 3.